The van der Waals surface area contributed by atoms with Crippen LogP contribution in [0.5, 0.6) is 0 Å². The molecular formula is C24H30N4O4. The van der Waals surface area contributed by atoms with Crippen molar-refractivity contribution in [3.63, 3.8) is 0 Å². The number of carbonyl (C=O) groups is 2. The molecule has 8 heteroatoms. The SMILES string of the molecule is Cn1c(=O)n([C@@H]2CCN(C(=O)OC3C4CC5C[C@H]3CC(C(N)=O)(C5)C4)C2)c2ccccc21. The maximum absolute atomic E-state index is 13.1. The minimum atomic E-state index is -0.381. The van der Waals surface area contributed by atoms with Gasteiger partial charge in [0.25, 0.3) is 0 Å². The molecule has 6 atom stereocenters. The highest BCUT2D eigenvalue weighted by molar-refractivity contribution is 5.81. The number of hydrogen-bond acceptors (Lipinski definition) is 4. The summed E-state index contributed by atoms with van der Waals surface area (Å²) < 4.78 is 9.57. The minimum Gasteiger partial charge on any atom is -0.446 e. The van der Waals surface area contributed by atoms with Gasteiger partial charge in [0.15, 0.2) is 0 Å². The van der Waals surface area contributed by atoms with E-state index < -0.39 is 0 Å². The molecule has 7 rings (SSSR count). The highest BCUT2D eigenvalue weighted by Gasteiger charge is 2.59. The number of aryl methyl sites for hydroxylation is 1. The number of amides is 2. The normalized spacial score (nSPS) is 35.5. The van der Waals surface area contributed by atoms with Crippen LogP contribution in [0.25, 0.3) is 11.0 Å². The van der Waals surface area contributed by atoms with Crippen LogP contribution in [0.15, 0.2) is 29.1 Å². The first-order chi connectivity index (χ1) is 15.4. The molecule has 5 aliphatic rings. The van der Waals surface area contributed by atoms with Crippen molar-refractivity contribution in [1.82, 2.24) is 14.0 Å². The van der Waals surface area contributed by atoms with Gasteiger partial charge in [-0.05, 0) is 68.4 Å². The molecule has 1 aromatic carbocycles. The van der Waals surface area contributed by atoms with E-state index in [-0.39, 0.29) is 47.1 Å². The minimum absolute atomic E-state index is 0.0517. The predicted octanol–water partition coefficient (Wildman–Crippen LogP) is 2.40. The third kappa shape index (κ3) is 2.77. The van der Waals surface area contributed by atoms with E-state index in [0.29, 0.717) is 19.0 Å². The number of nitrogens with two attached hydrogens (primary N) is 1. The van der Waals surface area contributed by atoms with Crippen molar-refractivity contribution >= 4 is 23.0 Å². The monoisotopic (exact) mass is 438 g/mol. The van der Waals surface area contributed by atoms with Crippen LogP contribution in [0.1, 0.15) is 44.6 Å². The van der Waals surface area contributed by atoms with Crippen molar-refractivity contribution < 1.29 is 14.3 Å². The summed E-state index contributed by atoms with van der Waals surface area (Å²) in [6, 6.07) is 7.71. The number of primary amides is 1. The summed E-state index contributed by atoms with van der Waals surface area (Å²) in [6.07, 6.45) is 4.78. The third-order valence-corrected chi connectivity index (χ3v) is 8.73. The standard InChI is InChI=1S/C24H30N4O4/c1-26-18-4-2-3-5-19(18)28(22(26)30)17-6-7-27(13-17)23(31)32-20-15-8-14-9-16(20)12-24(10-14,11-15)21(25)29/h2-5,14-17,20H,6-13H2,1H3,(H2,25,29)/t14?,15-,16?,17+,20?,24?/m0/s1. The molecule has 32 heavy (non-hydrogen) atoms. The Morgan fingerprint density at radius 2 is 1.78 bits per heavy atom. The van der Waals surface area contributed by atoms with E-state index >= 15 is 0 Å². The number of fused-ring (bicyclic) bond motifs is 1. The lowest BCUT2D eigenvalue weighted by Crippen LogP contribution is -2.59. The predicted molar refractivity (Wildman–Crippen MR) is 118 cm³/mol. The zero-order valence-electron chi connectivity index (χ0n) is 18.4. The number of carbonyl (C=O) groups excluding carboxylic acids is 2. The van der Waals surface area contributed by atoms with Crippen LogP contribution in [-0.2, 0) is 16.6 Å². The zero-order chi connectivity index (χ0) is 22.2. The fourth-order valence-corrected chi connectivity index (χ4v) is 7.45. The van der Waals surface area contributed by atoms with Crippen LogP contribution in [0.3, 0.4) is 0 Å². The largest absolute Gasteiger partial charge is 0.446 e. The molecule has 5 fully saturated rings. The zero-order valence-corrected chi connectivity index (χ0v) is 18.4. The molecule has 2 heterocycles. The van der Waals surface area contributed by atoms with Gasteiger partial charge in [0.2, 0.25) is 5.91 Å². The number of nitrogens with zero attached hydrogens (tertiary/aromatic N) is 3. The summed E-state index contributed by atoms with van der Waals surface area (Å²) in [5, 5.41) is 0. The van der Waals surface area contributed by atoms with Gasteiger partial charge in [0.1, 0.15) is 6.10 Å². The van der Waals surface area contributed by atoms with Crippen LogP contribution in [0.4, 0.5) is 4.79 Å². The van der Waals surface area contributed by atoms with Gasteiger partial charge in [0, 0.05) is 20.1 Å². The Balaban J connectivity index is 1.17. The molecule has 4 bridgehead atoms. The number of imidazole rings is 1. The Morgan fingerprint density at radius 1 is 1.09 bits per heavy atom. The maximum atomic E-state index is 13.1. The van der Waals surface area contributed by atoms with E-state index in [1.807, 2.05) is 28.8 Å². The van der Waals surface area contributed by atoms with E-state index in [9.17, 15) is 14.4 Å². The first-order valence-electron chi connectivity index (χ1n) is 11.8. The Kier molecular flexibility index (Phi) is 4.26. The van der Waals surface area contributed by atoms with Crippen molar-refractivity contribution in [2.45, 2.75) is 50.7 Å². The summed E-state index contributed by atoms with van der Waals surface area (Å²) >= 11 is 0. The van der Waals surface area contributed by atoms with Crippen molar-refractivity contribution in [2.75, 3.05) is 13.1 Å². The molecule has 1 saturated heterocycles. The van der Waals surface area contributed by atoms with Crippen LogP contribution < -0.4 is 11.4 Å². The number of ether oxygens (including phenoxy) is 1. The number of benzene rings is 1. The molecular weight excluding hydrogens is 408 g/mol. The second-order valence-corrected chi connectivity index (χ2v) is 10.6. The van der Waals surface area contributed by atoms with Crippen molar-refractivity contribution in [1.29, 1.82) is 0 Å². The molecule has 4 unspecified atom stereocenters. The lowest BCUT2D eigenvalue weighted by molar-refractivity contribution is -0.161. The van der Waals surface area contributed by atoms with Crippen LogP contribution in [0, 0.1) is 23.2 Å². The van der Waals surface area contributed by atoms with Gasteiger partial charge in [-0.1, -0.05) is 12.1 Å². The highest BCUT2D eigenvalue weighted by Crippen LogP contribution is 2.60. The van der Waals surface area contributed by atoms with Crippen LogP contribution in [0.2, 0.25) is 0 Å². The number of likely N-dealkylation sites (tertiary alicyclic amines) is 1. The Labute approximate surface area is 186 Å². The molecule has 8 nitrogen and oxygen atoms in total. The molecule has 2 aromatic rings. The first kappa shape index (κ1) is 19.9. The van der Waals surface area contributed by atoms with Crippen LogP contribution >= 0.6 is 0 Å². The van der Waals surface area contributed by atoms with Gasteiger partial charge in [-0.25, -0.2) is 9.59 Å². The molecule has 4 aliphatic carbocycles. The van der Waals surface area contributed by atoms with E-state index in [1.165, 1.54) is 0 Å². The summed E-state index contributed by atoms with van der Waals surface area (Å²) in [4.78, 5) is 39.9. The molecule has 170 valence electrons. The smallest absolute Gasteiger partial charge is 0.410 e. The fourth-order valence-electron chi connectivity index (χ4n) is 7.45. The second-order valence-electron chi connectivity index (χ2n) is 10.6. The lowest BCUT2D eigenvalue weighted by Gasteiger charge is -2.58. The molecule has 1 aliphatic heterocycles. The first-order valence-corrected chi connectivity index (χ1v) is 11.8. The lowest BCUT2D eigenvalue weighted by atomic mass is 9.48. The van der Waals surface area contributed by atoms with E-state index in [2.05, 4.69) is 0 Å². The molecule has 2 amide bonds. The number of para-hydroxylation sites is 2. The van der Waals surface area contributed by atoms with Crippen molar-refractivity contribution in [2.24, 2.45) is 36.0 Å². The molecule has 0 spiro atoms. The molecule has 4 saturated carbocycles. The summed E-state index contributed by atoms with van der Waals surface area (Å²) in [6.45, 7) is 1.05. The Morgan fingerprint density at radius 3 is 2.47 bits per heavy atom. The molecule has 2 N–H and O–H groups in total. The maximum Gasteiger partial charge on any atom is 0.410 e. The van der Waals surface area contributed by atoms with Crippen molar-refractivity contribution in [3.8, 4) is 0 Å². The summed E-state index contributed by atoms with van der Waals surface area (Å²) in [5.74, 6) is 0.822. The van der Waals surface area contributed by atoms with E-state index in [1.54, 1.807) is 16.5 Å². The Hall–Kier alpha value is -2.77. The number of aromatic nitrogens is 2. The fraction of sp³-hybridized carbons (Fsp3) is 0.625. The quantitative estimate of drug-likeness (QED) is 0.795. The Bertz CT molecular complexity index is 1150. The number of rotatable bonds is 3. The molecule has 0 radical (unpaired) electrons. The van der Waals surface area contributed by atoms with Gasteiger partial charge in [-0.15, -0.1) is 0 Å². The summed E-state index contributed by atoms with van der Waals surface area (Å²) in [7, 11) is 1.79. The average Bonchev–Trinajstić information content (AvgIpc) is 3.34. The van der Waals surface area contributed by atoms with E-state index in [4.69, 9.17) is 10.5 Å². The third-order valence-electron chi connectivity index (χ3n) is 8.73. The van der Waals surface area contributed by atoms with Gasteiger partial charge >= 0.3 is 11.8 Å². The second kappa shape index (κ2) is 6.86. The van der Waals surface area contributed by atoms with Crippen LogP contribution in [-0.4, -0.2) is 45.2 Å². The highest BCUT2D eigenvalue weighted by atomic mass is 16.6. The topological polar surface area (TPSA) is 99.6 Å². The van der Waals surface area contributed by atoms with E-state index in [0.717, 1.165) is 49.6 Å². The van der Waals surface area contributed by atoms with Gasteiger partial charge in [0.05, 0.1) is 22.5 Å². The van der Waals surface area contributed by atoms with Gasteiger partial charge in [-0.3, -0.25) is 13.9 Å². The van der Waals surface area contributed by atoms with Gasteiger partial charge < -0.3 is 15.4 Å². The van der Waals surface area contributed by atoms with Crippen molar-refractivity contribution in [3.05, 3.63) is 34.7 Å². The van der Waals surface area contributed by atoms with Gasteiger partial charge in [-0.2, -0.15) is 0 Å². The molecule has 1 aromatic heterocycles. The number of hydrogen-bond donors (Lipinski definition) is 1. The summed E-state index contributed by atoms with van der Waals surface area (Å²) in [5.41, 5.74) is 7.14. The average molecular weight is 439 g/mol.